The van der Waals surface area contributed by atoms with Crippen molar-refractivity contribution in [2.24, 2.45) is 7.05 Å². The van der Waals surface area contributed by atoms with E-state index in [4.69, 9.17) is 16.2 Å². The highest BCUT2D eigenvalue weighted by atomic mass is 35.5. The van der Waals surface area contributed by atoms with Crippen LogP contribution in [0.1, 0.15) is 5.56 Å². The molecule has 11 heteroatoms. The lowest BCUT2D eigenvalue weighted by Crippen LogP contribution is -2.10. The van der Waals surface area contributed by atoms with Crippen molar-refractivity contribution in [1.29, 1.82) is 0 Å². The molecule has 24 heavy (non-hydrogen) atoms. The number of fused-ring (bicyclic) bond motifs is 1. The fraction of sp³-hybridized carbons (Fsp3) is 0.154. The molecule has 3 N–H and O–H groups in total. The van der Waals surface area contributed by atoms with Gasteiger partial charge in [-0.05, 0) is 17.7 Å². The summed E-state index contributed by atoms with van der Waals surface area (Å²) < 4.78 is 33.8. The summed E-state index contributed by atoms with van der Waals surface area (Å²) in [6.07, 6.45) is 1.42. The molecule has 0 unspecified atom stereocenters. The SMILES string of the molecule is Cn1nc(Cl)c2c(NCc3ccc(NS(=O)(=O)O)cc3)ncnc21. The molecule has 0 spiro atoms. The van der Waals surface area contributed by atoms with Crippen LogP contribution >= 0.6 is 11.6 Å². The van der Waals surface area contributed by atoms with E-state index < -0.39 is 10.3 Å². The van der Waals surface area contributed by atoms with E-state index in [0.717, 1.165) is 5.56 Å². The largest absolute Gasteiger partial charge is 0.365 e. The van der Waals surface area contributed by atoms with Gasteiger partial charge in [0, 0.05) is 13.6 Å². The number of hydrogen-bond donors (Lipinski definition) is 3. The minimum Gasteiger partial charge on any atom is -0.365 e. The highest BCUT2D eigenvalue weighted by Gasteiger charge is 2.13. The standard InChI is InChI=1S/C13H13ClN6O3S/c1-20-13-10(11(14)18-20)12(16-7-17-13)15-6-8-2-4-9(5-3-8)19-24(21,22)23/h2-5,7,19H,6H2,1H3,(H,15,16,17)(H,21,22,23). The van der Waals surface area contributed by atoms with Gasteiger partial charge in [0.15, 0.2) is 10.8 Å². The van der Waals surface area contributed by atoms with E-state index in [9.17, 15) is 8.42 Å². The second kappa shape index (κ2) is 6.23. The van der Waals surface area contributed by atoms with Gasteiger partial charge in [0.05, 0.1) is 5.69 Å². The molecular formula is C13H13ClN6O3S. The number of nitrogens with one attached hydrogen (secondary N) is 2. The van der Waals surface area contributed by atoms with Gasteiger partial charge in [0.2, 0.25) is 0 Å². The number of anilines is 2. The molecule has 0 aliphatic rings. The molecule has 2 heterocycles. The van der Waals surface area contributed by atoms with Gasteiger partial charge < -0.3 is 5.32 Å². The van der Waals surface area contributed by atoms with E-state index in [1.54, 1.807) is 23.9 Å². The highest BCUT2D eigenvalue weighted by molar-refractivity contribution is 7.87. The molecule has 3 aromatic rings. The Labute approximate surface area is 142 Å². The average Bonchev–Trinajstić information content (AvgIpc) is 2.81. The van der Waals surface area contributed by atoms with Gasteiger partial charge in [0.1, 0.15) is 17.5 Å². The van der Waals surface area contributed by atoms with E-state index >= 15 is 0 Å². The summed E-state index contributed by atoms with van der Waals surface area (Å²) in [6, 6.07) is 6.50. The van der Waals surface area contributed by atoms with Crippen LogP contribution in [0, 0.1) is 0 Å². The van der Waals surface area contributed by atoms with Crippen LogP contribution in [-0.4, -0.2) is 32.7 Å². The van der Waals surface area contributed by atoms with Crippen LogP contribution < -0.4 is 10.0 Å². The highest BCUT2D eigenvalue weighted by Crippen LogP contribution is 2.26. The number of benzene rings is 1. The Bertz CT molecular complexity index is 987. The van der Waals surface area contributed by atoms with Crippen molar-refractivity contribution in [3.63, 3.8) is 0 Å². The van der Waals surface area contributed by atoms with Crippen LogP contribution in [-0.2, 0) is 23.9 Å². The fourth-order valence-corrected chi connectivity index (χ4v) is 2.92. The van der Waals surface area contributed by atoms with Gasteiger partial charge in [0.25, 0.3) is 0 Å². The topological polar surface area (TPSA) is 122 Å². The Morgan fingerprint density at radius 2 is 1.96 bits per heavy atom. The van der Waals surface area contributed by atoms with Crippen molar-refractivity contribution in [3.05, 3.63) is 41.3 Å². The number of nitrogens with zero attached hydrogens (tertiary/aromatic N) is 4. The summed E-state index contributed by atoms with van der Waals surface area (Å²) in [5, 5.41) is 8.19. The first-order chi connectivity index (χ1) is 11.3. The van der Waals surface area contributed by atoms with E-state index in [1.165, 1.54) is 18.5 Å². The first-order valence-corrected chi connectivity index (χ1v) is 8.56. The van der Waals surface area contributed by atoms with Crippen LogP contribution in [0.5, 0.6) is 0 Å². The lowest BCUT2D eigenvalue weighted by Gasteiger charge is -2.08. The Balaban J connectivity index is 1.77. The molecule has 0 atom stereocenters. The number of aromatic nitrogens is 4. The first kappa shape index (κ1) is 16.4. The summed E-state index contributed by atoms with van der Waals surface area (Å²) in [5.41, 5.74) is 1.76. The molecule has 126 valence electrons. The Hall–Kier alpha value is -2.43. The second-order valence-electron chi connectivity index (χ2n) is 4.96. The minimum atomic E-state index is -4.28. The van der Waals surface area contributed by atoms with Crippen molar-refractivity contribution in [3.8, 4) is 0 Å². The fourth-order valence-electron chi connectivity index (χ4n) is 2.20. The van der Waals surface area contributed by atoms with E-state index in [1.807, 2.05) is 4.72 Å². The predicted molar refractivity (Wildman–Crippen MR) is 90.3 cm³/mol. The molecule has 9 nitrogen and oxygen atoms in total. The van der Waals surface area contributed by atoms with Crippen molar-refractivity contribution < 1.29 is 13.0 Å². The quantitative estimate of drug-likeness (QED) is 0.587. The van der Waals surface area contributed by atoms with Gasteiger partial charge >= 0.3 is 10.3 Å². The van der Waals surface area contributed by atoms with Gasteiger partial charge in [-0.15, -0.1) is 0 Å². The van der Waals surface area contributed by atoms with Crippen LogP contribution in [0.3, 0.4) is 0 Å². The molecule has 2 aromatic heterocycles. The maximum absolute atomic E-state index is 10.8. The summed E-state index contributed by atoms with van der Waals surface area (Å²) in [4.78, 5) is 8.32. The Morgan fingerprint density at radius 1 is 1.25 bits per heavy atom. The van der Waals surface area contributed by atoms with E-state index in [2.05, 4.69) is 20.4 Å². The molecule has 3 rings (SSSR count). The van der Waals surface area contributed by atoms with Crippen molar-refractivity contribution in [2.75, 3.05) is 10.0 Å². The minimum absolute atomic E-state index is 0.265. The molecule has 0 aliphatic carbocycles. The van der Waals surface area contributed by atoms with Crippen molar-refractivity contribution >= 4 is 44.4 Å². The van der Waals surface area contributed by atoms with Gasteiger partial charge in [-0.2, -0.15) is 13.5 Å². The van der Waals surface area contributed by atoms with Crippen molar-refractivity contribution in [2.45, 2.75) is 6.54 Å². The third-order valence-corrected chi connectivity index (χ3v) is 4.00. The maximum atomic E-state index is 10.8. The maximum Gasteiger partial charge on any atom is 0.357 e. The molecule has 0 amide bonds. The van der Waals surface area contributed by atoms with Crippen LogP contribution in [0.4, 0.5) is 11.5 Å². The van der Waals surface area contributed by atoms with Crippen LogP contribution in [0.2, 0.25) is 5.15 Å². The van der Waals surface area contributed by atoms with Crippen molar-refractivity contribution in [1.82, 2.24) is 19.7 Å². The first-order valence-electron chi connectivity index (χ1n) is 6.75. The lowest BCUT2D eigenvalue weighted by molar-refractivity contribution is 0.489. The normalized spacial score (nSPS) is 11.6. The number of rotatable bonds is 5. The van der Waals surface area contributed by atoms with E-state index in [-0.39, 0.29) is 5.69 Å². The van der Waals surface area contributed by atoms with Gasteiger partial charge in [-0.3, -0.25) is 9.27 Å². The molecular weight excluding hydrogens is 356 g/mol. The van der Waals surface area contributed by atoms with Gasteiger partial charge in [-0.1, -0.05) is 23.7 Å². The Kier molecular flexibility index (Phi) is 4.26. The molecule has 0 fully saturated rings. The summed E-state index contributed by atoms with van der Waals surface area (Å²) in [7, 11) is -2.54. The Morgan fingerprint density at radius 3 is 2.62 bits per heavy atom. The smallest absolute Gasteiger partial charge is 0.357 e. The number of aryl methyl sites for hydroxylation is 1. The zero-order chi connectivity index (χ0) is 17.3. The molecule has 0 saturated carbocycles. The van der Waals surface area contributed by atoms with Crippen LogP contribution in [0.25, 0.3) is 11.0 Å². The summed E-state index contributed by atoms with van der Waals surface area (Å²) >= 11 is 6.11. The predicted octanol–water partition coefficient (Wildman–Crippen LogP) is 1.84. The molecule has 0 bridgehead atoms. The monoisotopic (exact) mass is 368 g/mol. The molecule has 0 radical (unpaired) electrons. The van der Waals surface area contributed by atoms with E-state index in [0.29, 0.717) is 28.5 Å². The third-order valence-electron chi connectivity index (χ3n) is 3.24. The zero-order valence-corrected chi connectivity index (χ0v) is 14.0. The number of hydrogen-bond acceptors (Lipinski definition) is 6. The summed E-state index contributed by atoms with van der Waals surface area (Å²) in [6.45, 7) is 0.434. The molecule has 0 saturated heterocycles. The number of halogens is 1. The summed E-state index contributed by atoms with van der Waals surface area (Å²) in [5.74, 6) is 0.554. The average molecular weight is 369 g/mol. The second-order valence-corrected chi connectivity index (χ2v) is 6.48. The van der Waals surface area contributed by atoms with Gasteiger partial charge in [-0.25, -0.2) is 14.6 Å². The lowest BCUT2D eigenvalue weighted by atomic mass is 10.2. The third kappa shape index (κ3) is 3.55. The molecule has 1 aromatic carbocycles. The molecule has 0 aliphatic heterocycles. The van der Waals surface area contributed by atoms with Crippen LogP contribution in [0.15, 0.2) is 30.6 Å². The zero-order valence-electron chi connectivity index (χ0n) is 12.4.